The van der Waals surface area contributed by atoms with Crippen LogP contribution in [0, 0.1) is 0 Å². The van der Waals surface area contributed by atoms with Gasteiger partial charge in [-0.2, -0.15) is 0 Å². The van der Waals surface area contributed by atoms with E-state index in [0.29, 0.717) is 32.6 Å². The second-order valence-electron chi connectivity index (χ2n) is 4.05. The van der Waals surface area contributed by atoms with Crippen LogP contribution in [0.4, 0.5) is 0 Å². The molecule has 1 aromatic rings. The summed E-state index contributed by atoms with van der Waals surface area (Å²) < 4.78 is 6.15. The molecular formula is C11H14BrNO3S. The van der Waals surface area contributed by atoms with Crippen molar-refractivity contribution in [2.24, 2.45) is 0 Å². The molecule has 0 radical (unpaired) electrons. The number of rotatable bonds is 3. The first-order valence-corrected chi connectivity index (χ1v) is 7.09. The number of hydrogen-bond donors (Lipinski definition) is 2. The summed E-state index contributed by atoms with van der Waals surface area (Å²) in [6, 6.07) is 1.95. The maximum atomic E-state index is 11.9. The lowest BCUT2D eigenvalue weighted by atomic mass is 9.93. The van der Waals surface area contributed by atoms with E-state index in [1.54, 1.807) is 11.3 Å². The van der Waals surface area contributed by atoms with Gasteiger partial charge < -0.3 is 15.2 Å². The molecule has 1 aliphatic rings. The van der Waals surface area contributed by atoms with Gasteiger partial charge in [-0.25, -0.2) is 0 Å². The van der Waals surface area contributed by atoms with E-state index in [9.17, 15) is 9.90 Å². The summed E-state index contributed by atoms with van der Waals surface area (Å²) in [6.07, 6.45) is 0.729. The standard InChI is InChI=1S/C11H14BrNO3S/c12-9-8(1-6-17-9)7-13-10(14)11(15)2-4-16-5-3-11/h1,6,15H,2-5,7H2,(H,13,14). The van der Waals surface area contributed by atoms with Crippen LogP contribution in [0.2, 0.25) is 0 Å². The maximum Gasteiger partial charge on any atom is 0.252 e. The van der Waals surface area contributed by atoms with Gasteiger partial charge in [0.1, 0.15) is 5.60 Å². The first-order valence-electron chi connectivity index (χ1n) is 5.42. The van der Waals surface area contributed by atoms with Gasteiger partial charge in [0, 0.05) is 32.6 Å². The number of nitrogens with one attached hydrogen (secondary N) is 1. The van der Waals surface area contributed by atoms with Crippen molar-refractivity contribution in [1.82, 2.24) is 5.32 Å². The molecule has 0 aliphatic carbocycles. The van der Waals surface area contributed by atoms with E-state index < -0.39 is 5.60 Å². The van der Waals surface area contributed by atoms with Crippen molar-refractivity contribution in [2.45, 2.75) is 25.0 Å². The molecule has 0 aromatic carbocycles. The third kappa shape index (κ3) is 3.07. The highest BCUT2D eigenvalue weighted by atomic mass is 79.9. The predicted octanol–water partition coefficient (Wildman–Crippen LogP) is 1.67. The van der Waals surface area contributed by atoms with Crippen molar-refractivity contribution in [3.05, 3.63) is 20.8 Å². The molecule has 1 saturated heterocycles. The molecular weight excluding hydrogens is 306 g/mol. The molecule has 1 aliphatic heterocycles. The third-order valence-corrected chi connectivity index (χ3v) is 4.69. The van der Waals surface area contributed by atoms with Gasteiger partial charge in [-0.1, -0.05) is 0 Å². The number of aliphatic hydroxyl groups is 1. The van der Waals surface area contributed by atoms with E-state index in [-0.39, 0.29) is 5.91 Å². The Morgan fingerprint density at radius 1 is 1.59 bits per heavy atom. The van der Waals surface area contributed by atoms with Crippen molar-refractivity contribution in [3.8, 4) is 0 Å². The fraction of sp³-hybridized carbons (Fsp3) is 0.545. The van der Waals surface area contributed by atoms with Gasteiger partial charge in [0.2, 0.25) is 0 Å². The van der Waals surface area contributed by atoms with Gasteiger partial charge in [-0.05, 0) is 32.9 Å². The van der Waals surface area contributed by atoms with Gasteiger partial charge in [-0.15, -0.1) is 11.3 Å². The summed E-state index contributed by atoms with van der Waals surface area (Å²) in [6.45, 7) is 1.31. The van der Waals surface area contributed by atoms with E-state index in [4.69, 9.17) is 4.74 Å². The van der Waals surface area contributed by atoms with Crippen molar-refractivity contribution in [1.29, 1.82) is 0 Å². The van der Waals surface area contributed by atoms with Crippen LogP contribution in [0.3, 0.4) is 0 Å². The molecule has 6 heteroatoms. The zero-order chi connectivity index (χ0) is 12.3. The Labute approximate surface area is 112 Å². The Hall–Kier alpha value is -0.430. The Bertz CT molecular complexity index is 401. The van der Waals surface area contributed by atoms with Crippen LogP contribution >= 0.6 is 27.3 Å². The maximum absolute atomic E-state index is 11.9. The van der Waals surface area contributed by atoms with Crippen LogP contribution in [-0.4, -0.2) is 29.8 Å². The SMILES string of the molecule is O=C(NCc1ccsc1Br)C1(O)CCOCC1. The van der Waals surface area contributed by atoms with Gasteiger partial charge in [0.15, 0.2) is 0 Å². The third-order valence-electron chi connectivity index (χ3n) is 2.88. The predicted molar refractivity (Wildman–Crippen MR) is 68.9 cm³/mol. The van der Waals surface area contributed by atoms with E-state index in [0.717, 1.165) is 9.35 Å². The van der Waals surface area contributed by atoms with E-state index >= 15 is 0 Å². The molecule has 2 N–H and O–H groups in total. The molecule has 4 nitrogen and oxygen atoms in total. The van der Waals surface area contributed by atoms with E-state index in [2.05, 4.69) is 21.2 Å². The fourth-order valence-electron chi connectivity index (χ4n) is 1.72. The smallest absolute Gasteiger partial charge is 0.252 e. The topological polar surface area (TPSA) is 58.6 Å². The number of ether oxygens (including phenoxy) is 1. The molecule has 0 saturated carbocycles. The second-order valence-corrected chi connectivity index (χ2v) is 6.28. The number of carbonyl (C=O) groups is 1. The lowest BCUT2D eigenvalue weighted by molar-refractivity contribution is -0.149. The number of amides is 1. The molecule has 0 atom stereocenters. The first-order chi connectivity index (χ1) is 8.12. The Kier molecular flexibility index (Phi) is 4.19. The first kappa shape index (κ1) is 13.0. The minimum absolute atomic E-state index is 0.307. The zero-order valence-electron chi connectivity index (χ0n) is 9.24. The highest BCUT2D eigenvalue weighted by molar-refractivity contribution is 9.11. The van der Waals surface area contributed by atoms with Gasteiger partial charge >= 0.3 is 0 Å². The van der Waals surface area contributed by atoms with Crippen molar-refractivity contribution >= 4 is 33.2 Å². The van der Waals surface area contributed by atoms with Gasteiger partial charge in [0.05, 0.1) is 3.79 Å². The molecule has 0 bridgehead atoms. The molecule has 2 rings (SSSR count). The normalized spacial score (nSPS) is 18.9. The van der Waals surface area contributed by atoms with Crippen molar-refractivity contribution in [2.75, 3.05) is 13.2 Å². The minimum Gasteiger partial charge on any atom is -0.381 e. The minimum atomic E-state index is -1.26. The quantitative estimate of drug-likeness (QED) is 0.891. The summed E-state index contributed by atoms with van der Waals surface area (Å²) in [5, 5.41) is 14.9. The second kappa shape index (κ2) is 5.48. The van der Waals surface area contributed by atoms with Crippen LogP contribution in [0.25, 0.3) is 0 Å². The number of halogens is 1. The highest BCUT2D eigenvalue weighted by Gasteiger charge is 2.37. The Morgan fingerprint density at radius 2 is 2.29 bits per heavy atom. The molecule has 2 heterocycles. The lowest BCUT2D eigenvalue weighted by Crippen LogP contribution is -2.50. The van der Waals surface area contributed by atoms with Crippen LogP contribution in [0.1, 0.15) is 18.4 Å². The Balaban J connectivity index is 1.91. The summed E-state index contributed by atoms with van der Waals surface area (Å²) in [4.78, 5) is 11.9. The summed E-state index contributed by atoms with van der Waals surface area (Å²) in [5.74, 6) is -0.307. The van der Waals surface area contributed by atoms with Crippen LogP contribution in [-0.2, 0) is 16.1 Å². The summed E-state index contributed by atoms with van der Waals surface area (Å²) in [5.41, 5.74) is -0.236. The lowest BCUT2D eigenvalue weighted by Gasteiger charge is -2.30. The van der Waals surface area contributed by atoms with Crippen LogP contribution < -0.4 is 5.32 Å². The monoisotopic (exact) mass is 319 g/mol. The summed E-state index contributed by atoms with van der Waals surface area (Å²) >= 11 is 4.98. The van der Waals surface area contributed by atoms with Gasteiger partial charge in [0.25, 0.3) is 5.91 Å². The largest absolute Gasteiger partial charge is 0.381 e. The average molecular weight is 320 g/mol. The molecule has 1 aromatic heterocycles. The van der Waals surface area contributed by atoms with E-state index in [1.807, 2.05) is 11.4 Å². The fourth-order valence-corrected chi connectivity index (χ4v) is 2.96. The molecule has 1 fully saturated rings. The number of hydrogen-bond acceptors (Lipinski definition) is 4. The van der Waals surface area contributed by atoms with Crippen molar-refractivity contribution in [3.63, 3.8) is 0 Å². The molecule has 0 spiro atoms. The molecule has 17 heavy (non-hydrogen) atoms. The number of thiophene rings is 1. The van der Waals surface area contributed by atoms with Crippen molar-refractivity contribution < 1.29 is 14.6 Å². The number of carbonyl (C=O) groups excluding carboxylic acids is 1. The van der Waals surface area contributed by atoms with Gasteiger partial charge in [-0.3, -0.25) is 4.79 Å². The van der Waals surface area contributed by atoms with Crippen LogP contribution in [0.5, 0.6) is 0 Å². The van der Waals surface area contributed by atoms with E-state index in [1.165, 1.54) is 0 Å². The zero-order valence-corrected chi connectivity index (χ0v) is 11.6. The Morgan fingerprint density at radius 3 is 2.88 bits per heavy atom. The molecule has 94 valence electrons. The molecule has 1 amide bonds. The summed E-state index contributed by atoms with van der Waals surface area (Å²) in [7, 11) is 0. The highest BCUT2D eigenvalue weighted by Crippen LogP contribution is 2.24. The van der Waals surface area contributed by atoms with Crippen LogP contribution in [0.15, 0.2) is 15.2 Å². The molecule has 0 unspecified atom stereocenters. The average Bonchev–Trinajstić information content (AvgIpc) is 2.73.